The molecule has 154 valence electrons. The van der Waals surface area contributed by atoms with E-state index >= 15 is 0 Å². The van der Waals surface area contributed by atoms with Crippen LogP contribution in [-0.4, -0.2) is 52.4 Å². The summed E-state index contributed by atoms with van der Waals surface area (Å²) in [7, 11) is 0. The Bertz CT molecular complexity index is 1160. The van der Waals surface area contributed by atoms with E-state index in [4.69, 9.17) is 5.73 Å². The first-order chi connectivity index (χ1) is 14.6. The summed E-state index contributed by atoms with van der Waals surface area (Å²) in [6, 6.07) is 2.67. The summed E-state index contributed by atoms with van der Waals surface area (Å²) < 4.78 is 4.05. The molecule has 1 aliphatic heterocycles. The molecule has 0 saturated carbocycles. The quantitative estimate of drug-likeness (QED) is 0.551. The van der Waals surface area contributed by atoms with Crippen molar-refractivity contribution in [1.29, 1.82) is 0 Å². The van der Waals surface area contributed by atoms with Crippen molar-refractivity contribution in [3.8, 4) is 11.3 Å². The summed E-state index contributed by atoms with van der Waals surface area (Å²) in [5.41, 5.74) is 9.68. The lowest BCUT2D eigenvalue weighted by molar-refractivity contribution is 0.364. The Morgan fingerprint density at radius 1 is 1.07 bits per heavy atom. The van der Waals surface area contributed by atoms with Gasteiger partial charge < -0.3 is 15.2 Å². The number of nitrogens with two attached hydrogens (primary N) is 1. The van der Waals surface area contributed by atoms with Crippen LogP contribution < -0.4 is 10.6 Å². The third kappa shape index (κ3) is 3.23. The number of pyridine rings is 1. The predicted molar refractivity (Wildman–Crippen MR) is 114 cm³/mol. The fourth-order valence-electron chi connectivity index (χ4n) is 3.96. The first-order valence-electron chi connectivity index (χ1n) is 10.1. The maximum absolute atomic E-state index is 6.32. The molecule has 0 spiro atoms. The van der Waals surface area contributed by atoms with E-state index in [1.165, 1.54) is 0 Å². The molecular weight excluding hydrogens is 380 g/mol. The fourth-order valence-corrected chi connectivity index (χ4v) is 3.96. The van der Waals surface area contributed by atoms with Gasteiger partial charge in [-0.05, 0) is 32.8 Å². The second-order valence-electron chi connectivity index (χ2n) is 7.87. The van der Waals surface area contributed by atoms with Crippen molar-refractivity contribution in [3.63, 3.8) is 0 Å². The number of hydrogen-bond acceptors (Lipinski definition) is 8. The zero-order valence-corrected chi connectivity index (χ0v) is 17.0. The first kappa shape index (κ1) is 18.5. The SMILES string of the molecule is CC(C)n1cnc2cnc(-c3cnc(N4CCC(n5cncn5)CC4)nc3N)cc21. The molecule has 5 heterocycles. The van der Waals surface area contributed by atoms with Gasteiger partial charge in [-0.15, -0.1) is 0 Å². The fraction of sp³-hybridized carbons (Fsp3) is 0.400. The van der Waals surface area contributed by atoms with Crippen molar-refractivity contribution in [2.45, 2.75) is 38.8 Å². The third-order valence-corrected chi connectivity index (χ3v) is 5.66. The minimum absolute atomic E-state index is 0.307. The summed E-state index contributed by atoms with van der Waals surface area (Å²) in [5, 5.41) is 4.25. The molecule has 5 rings (SSSR count). The lowest BCUT2D eigenvalue weighted by Gasteiger charge is -2.31. The number of anilines is 2. The number of aromatic nitrogens is 8. The summed E-state index contributed by atoms with van der Waals surface area (Å²) in [6.07, 6.45) is 10.7. The topological polar surface area (TPSA) is 116 Å². The van der Waals surface area contributed by atoms with Crippen LogP contribution in [0.25, 0.3) is 22.3 Å². The van der Waals surface area contributed by atoms with Crippen LogP contribution in [0.1, 0.15) is 38.8 Å². The van der Waals surface area contributed by atoms with Gasteiger partial charge in [0.05, 0.1) is 35.3 Å². The van der Waals surface area contributed by atoms with E-state index < -0.39 is 0 Å². The molecule has 1 saturated heterocycles. The normalized spacial score (nSPS) is 15.4. The van der Waals surface area contributed by atoms with Gasteiger partial charge in [0.25, 0.3) is 0 Å². The van der Waals surface area contributed by atoms with Crippen molar-refractivity contribution in [3.05, 3.63) is 37.4 Å². The summed E-state index contributed by atoms with van der Waals surface area (Å²) in [6.45, 7) is 5.95. The highest BCUT2D eigenvalue weighted by molar-refractivity contribution is 5.82. The second kappa shape index (κ2) is 7.36. The Morgan fingerprint density at radius 2 is 1.90 bits per heavy atom. The summed E-state index contributed by atoms with van der Waals surface area (Å²) >= 11 is 0. The highest BCUT2D eigenvalue weighted by Crippen LogP contribution is 2.29. The highest BCUT2D eigenvalue weighted by Gasteiger charge is 2.23. The van der Waals surface area contributed by atoms with Gasteiger partial charge in [0.2, 0.25) is 5.95 Å². The van der Waals surface area contributed by atoms with E-state index in [0.717, 1.165) is 48.2 Å². The smallest absolute Gasteiger partial charge is 0.227 e. The van der Waals surface area contributed by atoms with E-state index in [1.807, 2.05) is 17.1 Å². The minimum Gasteiger partial charge on any atom is -0.383 e. The molecule has 0 radical (unpaired) electrons. The van der Waals surface area contributed by atoms with E-state index in [9.17, 15) is 0 Å². The van der Waals surface area contributed by atoms with Crippen LogP contribution in [0.2, 0.25) is 0 Å². The number of nitrogen functional groups attached to an aromatic ring is 1. The van der Waals surface area contributed by atoms with E-state index in [-0.39, 0.29) is 0 Å². The molecule has 0 unspecified atom stereocenters. The lowest BCUT2D eigenvalue weighted by atomic mass is 10.1. The van der Waals surface area contributed by atoms with Gasteiger partial charge >= 0.3 is 0 Å². The molecule has 0 amide bonds. The van der Waals surface area contributed by atoms with Crippen LogP contribution in [0, 0.1) is 0 Å². The monoisotopic (exact) mass is 404 g/mol. The van der Waals surface area contributed by atoms with Crippen molar-refractivity contribution < 1.29 is 0 Å². The Morgan fingerprint density at radius 3 is 2.60 bits per heavy atom. The number of piperidine rings is 1. The van der Waals surface area contributed by atoms with Gasteiger partial charge in [-0.2, -0.15) is 10.1 Å². The number of imidazole rings is 1. The molecule has 10 nitrogen and oxygen atoms in total. The number of nitrogens with zero attached hydrogens (tertiary/aromatic N) is 9. The van der Waals surface area contributed by atoms with Crippen LogP contribution in [0.5, 0.6) is 0 Å². The Labute approximate surface area is 173 Å². The van der Waals surface area contributed by atoms with Gasteiger partial charge in [-0.25, -0.2) is 19.6 Å². The van der Waals surface area contributed by atoms with Gasteiger partial charge in [0, 0.05) is 25.3 Å². The molecular formula is C20H24N10. The van der Waals surface area contributed by atoms with Crippen LogP contribution in [0.3, 0.4) is 0 Å². The third-order valence-electron chi connectivity index (χ3n) is 5.66. The van der Waals surface area contributed by atoms with E-state index in [0.29, 0.717) is 23.8 Å². The second-order valence-corrected chi connectivity index (χ2v) is 7.87. The molecule has 4 aromatic rings. The number of hydrogen-bond donors (Lipinski definition) is 1. The maximum Gasteiger partial charge on any atom is 0.227 e. The molecule has 30 heavy (non-hydrogen) atoms. The molecule has 0 atom stereocenters. The van der Waals surface area contributed by atoms with Crippen LogP contribution in [0.4, 0.5) is 11.8 Å². The zero-order valence-electron chi connectivity index (χ0n) is 17.0. The molecule has 0 aliphatic carbocycles. The predicted octanol–water partition coefficient (Wildman–Crippen LogP) is 2.48. The highest BCUT2D eigenvalue weighted by atomic mass is 15.3. The van der Waals surface area contributed by atoms with Gasteiger partial charge in [0.15, 0.2) is 0 Å². The first-order valence-corrected chi connectivity index (χ1v) is 10.1. The average Bonchev–Trinajstić information content (AvgIpc) is 3.43. The molecule has 4 aromatic heterocycles. The molecule has 10 heteroatoms. The molecule has 0 bridgehead atoms. The van der Waals surface area contributed by atoms with Gasteiger partial charge in [-0.1, -0.05) is 0 Å². The Kier molecular flexibility index (Phi) is 4.53. The molecule has 0 aromatic carbocycles. The Balaban J connectivity index is 1.38. The lowest BCUT2D eigenvalue weighted by Crippen LogP contribution is -2.36. The van der Waals surface area contributed by atoms with Crippen molar-refractivity contribution in [1.82, 2.24) is 39.3 Å². The van der Waals surface area contributed by atoms with Crippen LogP contribution in [0.15, 0.2) is 37.4 Å². The van der Waals surface area contributed by atoms with Gasteiger partial charge in [-0.3, -0.25) is 4.98 Å². The van der Waals surface area contributed by atoms with E-state index in [1.54, 1.807) is 25.0 Å². The van der Waals surface area contributed by atoms with Crippen molar-refractivity contribution in [2.75, 3.05) is 23.7 Å². The van der Waals surface area contributed by atoms with Crippen LogP contribution in [-0.2, 0) is 0 Å². The zero-order chi connectivity index (χ0) is 20.7. The van der Waals surface area contributed by atoms with E-state index in [2.05, 4.69) is 53.3 Å². The minimum atomic E-state index is 0.307. The van der Waals surface area contributed by atoms with Crippen LogP contribution >= 0.6 is 0 Å². The number of fused-ring (bicyclic) bond motifs is 1. The standard InChI is InChI=1S/C20H24N10/c1-13(2)29-12-25-17-9-23-16(7-18(17)29)15-8-24-20(27-19(15)21)28-5-3-14(4-6-28)30-11-22-10-26-30/h7-14H,3-6H2,1-2H3,(H2,21,24,27). The largest absolute Gasteiger partial charge is 0.383 e. The summed E-state index contributed by atoms with van der Waals surface area (Å²) in [5.74, 6) is 1.09. The molecule has 1 fully saturated rings. The molecule has 1 aliphatic rings. The number of rotatable bonds is 4. The Hall–Kier alpha value is -3.56. The molecule has 2 N–H and O–H groups in total. The summed E-state index contributed by atoms with van der Waals surface area (Å²) in [4.78, 5) is 24.3. The average molecular weight is 404 g/mol. The van der Waals surface area contributed by atoms with Gasteiger partial charge in [0.1, 0.15) is 24.0 Å². The van der Waals surface area contributed by atoms with Crippen molar-refractivity contribution in [2.24, 2.45) is 0 Å². The maximum atomic E-state index is 6.32. The van der Waals surface area contributed by atoms with Crippen molar-refractivity contribution >= 4 is 22.8 Å².